The summed E-state index contributed by atoms with van der Waals surface area (Å²) in [6.45, 7) is 4.29. The van der Waals surface area contributed by atoms with E-state index < -0.39 is 0 Å². The Hall–Kier alpha value is -0.320. The monoisotopic (exact) mass is 373 g/mol. The van der Waals surface area contributed by atoms with E-state index in [0.29, 0.717) is 6.04 Å². The summed E-state index contributed by atoms with van der Waals surface area (Å²) >= 11 is 8.82. The van der Waals surface area contributed by atoms with Crippen molar-refractivity contribution in [2.24, 2.45) is 0 Å². The first-order chi connectivity index (χ1) is 8.08. The summed E-state index contributed by atoms with van der Waals surface area (Å²) in [4.78, 5) is 1.33. The Balaban J connectivity index is 2.19. The van der Waals surface area contributed by atoms with Crippen LogP contribution in [0.25, 0.3) is 0 Å². The highest BCUT2D eigenvalue weighted by molar-refractivity contribution is 9.10. The summed E-state index contributed by atoms with van der Waals surface area (Å²) in [7, 11) is 0. The van der Waals surface area contributed by atoms with Crippen LogP contribution in [0.15, 0.2) is 38.6 Å². The molecule has 1 unspecified atom stereocenters. The molecule has 1 aromatic carbocycles. The molecule has 0 bridgehead atoms. The van der Waals surface area contributed by atoms with Crippen molar-refractivity contribution >= 4 is 48.9 Å². The molecule has 0 aliphatic carbocycles. The lowest BCUT2D eigenvalue weighted by atomic mass is 10.1. The van der Waals surface area contributed by atoms with Gasteiger partial charge in [0.25, 0.3) is 0 Å². The van der Waals surface area contributed by atoms with E-state index in [4.69, 9.17) is 0 Å². The van der Waals surface area contributed by atoms with Crippen LogP contribution in [0.3, 0.4) is 0 Å². The summed E-state index contributed by atoms with van der Waals surface area (Å²) in [5.41, 5.74) is 2.43. The second-order valence-electron chi connectivity index (χ2n) is 3.96. The quantitative estimate of drug-likeness (QED) is 0.720. The topological polar surface area (TPSA) is 12.0 Å². The lowest BCUT2D eigenvalue weighted by Gasteiger charge is -2.16. The molecule has 1 aromatic heterocycles. The molecular formula is C13H13Br2NS. The third kappa shape index (κ3) is 3.12. The third-order valence-corrected chi connectivity index (χ3v) is 5.15. The zero-order valence-electron chi connectivity index (χ0n) is 9.63. The molecular weight excluding hydrogens is 362 g/mol. The molecule has 1 nitrogen and oxygen atoms in total. The molecule has 17 heavy (non-hydrogen) atoms. The first kappa shape index (κ1) is 13.1. The fourth-order valence-corrected chi connectivity index (χ4v) is 3.90. The maximum atomic E-state index is 3.57. The zero-order chi connectivity index (χ0) is 12.4. The second-order valence-corrected chi connectivity index (χ2v) is 6.68. The van der Waals surface area contributed by atoms with Gasteiger partial charge >= 0.3 is 0 Å². The molecule has 0 aliphatic heterocycles. The van der Waals surface area contributed by atoms with Gasteiger partial charge in [-0.25, -0.2) is 0 Å². The van der Waals surface area contributed by atoms with Gasteiger partial charge in [-0.15, -0.1) is 11.3 Å². The van der Waals surface area contributed by atoms with Gasteiger partial charge in [0, 0.05) is 19.5 Å². The van der Waals surface area contributed by atoms with Crippen LogP contribution in [0, 0.1) is 6.92 Å². The van der Waals surface area contributed by atoms with Gasteiger partial charge in [0.15, 0.2) is 0 Å². The van der Waals surface area contributed by atoms with E-state index in [2.05, 4.69) is 80.7 Å². The van der Waals surface area contributed by atoms with Crippen LogP contribution >= 0.6 is 43.2 Å². The largest absolute Gasteiger partial charge is 0.377 e. The van der Waals surface area contributed by atoms with Crippen molar-refractivity contribution < 1.29 is 0 Å². The van der Waals surface area contributed by atoms with Gasteiger partial charge in [0.05, 0.1) is 6.04 Å². The number of rotatable bonds is 3. The van der Waals surface area contributed by atoms with Crippen LogP contribution in [0.1, 0.15) is 23.4 Å². The molecule has 90 valence electrons. The Bertz CT molecular complexity index is 522. The molecule has 0 amide bonds. The number of benzene rings is 1. The Morgan fingerprint density at radius 3 is 2.59 bits per heavy atom. The van der Waals surface area contributed by atoms with Crippen molar-refractivity contribution in [3.05, 3.63) is 49.0 Å². The maximum Gasteiger partial charge on any atom is 0.0589 e. The Morgan fingerprint density at radius 1 is 1.24 bits per heavy atom. The van der Waals surface area contributed by atoms with E-state index in [1.165, 1.54) is 20.6 Å². The van der Waals surface area contributed by atoms with Gasteiger partial charge in [0.2, 0.25) is 0 Å². The van der Waals surface area contributed by atoms with Gasteiger partial charge in [0.1, 0.15) is 0 Å². The van der Waals surface area contributed by atoms with Crippen LogP contribution in [-0.2, 0) is 0 Å². The summed E-state index contributed by atoms with van der Waals surface area (Å²) in [6.07, 6.45) is 0. The molecule has 1 N–H and O–H groups in total. The maximum absolute atomic E-state index is 3.57. The highest BCUT2D eigenvalue weighted by Gasteiger charge is 2.11. The SMILES string of the molecule is Cc1cc(Br)ccc1NC(C)c1sccc1Br. The van der Waals surface area contributed by atoms with Crippen molar-refractivity contribution in [3.8, 4) is 0 Å². The highest BCUT2D eigenvalue weighted by atomic mass is 79.9. The molecule has 2 aromatic rings. The molecule has 1 heterocycles. The molecule has 2 rings (SSSR count). The van der Waals surface area contributed by atoms with Crippen molar-refractivity contribution in [2.75, 3.05) is 5.32 Å². The zero-order valence-corrected chi connectivity index (χ0v) is 13.6. The average Bonchev–Trinajstić information content (AvgIpc) is 2.68. The average molecular weight is 375 g/mol. The number of aryl methyl sites for hydroxylation is 1. The van der Waals surface area contributed by atoms with Crippen LogP contribution in [0.5, 0.6) is 0 Å². The van der Waals surface area contributed by atoms with E-state index in [1.807, 2.05) is 0 Å². The molecule has 0 fully saturated rings. The lowest BCUT2D eigenvalue weighted by Crippen LogP contribution is -2.06. The summed E-state index contributed by atoms with van der Waals surface area (Å²) in [5.74, 6) is 0. The second kappa shape index (κ2) is 5.55. The van der Waals surface area contributed by atoms with E-state index in [9.17, 15) is 0 Å². The minimum absolute atomic E-state index is 0.309. The van der Waals surface area contributed by atoms with E-state index in [-0.39, 0.29) is 0 Å². The molecule has 0 saturated heterocycles. The minimum Gasteiger partial charge on any atom is -0.377 e. The molecule has 0 radical (unpaired) electrons. The van der Waals surface area contributed by atoms with E-state index >= 15 is 0 Å². The van der Waals surface area contributed by atoms with Crippen LogP contribution in [0.4, 0.5) is 5.69 Å². The molecule has 0 aliphatic rings. The van der Waals surface area contributed by atoms with Crippen molar-refractivity contribution in [1.82, 2.24) is 0 Å². The van der Waals surface area contributed by atoms with Crippen molar-refractivity contribution in [2.45, 2.75) is 19.9 Å². The van der Waals surface area contributed by atoms with Gasteiger partial charge in [-0.05, 0) is 65.0 Å². The summed E-state index contributed by atoms with van der Waals surface area (Å²) < 4.78 is 2.29. The molecule has 1 atom stereocenters. The lowest BCUT2D eigenvalue weighted by molar-refractivity contribution is 0.900. The standard InChI is InChI=1S/C13H13Br2NS/c1-8-7-10(14)3-4-12(8)16-9(2)13-11(15)5-6-17-13/h3-7,9,16H,1-2H3. The van der Waals surface area contributed by atoms with E-state index in [1.54, 1.807) is 11.3 Å². The summed E-state index contributed by atoms with van der Waals surface area (Å²) in [5, 5.41) is 5.64. The highest BCUT2D eigenvalue weighted by Crippen LogP contribution is 2.32. The number of thiophene rings is 1. The normalized spacial score (nSPS) is 12.5. The molecule has 0 spiro atoms. The van der Waals surface area contributed by atoms with Crippen molar-refractivity contribution in [3.63, 3.8) is 0 Å². The van der Waals surface area contributed by atoms with Crippen LogP contribution < -0.4 is 5.32 Å². The van der Waals surface area contributed by atoms with Gasteiger partial charge in [-0.1, -0.05) is 15.9 Å². The number of nitrogens with one attached hydrogen (secondary N) is 1. The first-order valence-electron chi connectivity index (χ1n) is 5.33. The van der Waals surface area contributed by atoms with Gasteiger partial charge in [-0.3, -0.25) is 0 Å². The molecule has 4 heteroatoms. The number of hydrogen-bond donors (Lipinski definition) is 1. The van der Waals surface area contributed by atoms with Gasteiger partial charge < -0.3 is 5.32 Å². The predicted octanol–water partition coefficient (Wildman–Crippen LogP) is 5.75. The van der Waals surface area contributed by atoms with E-state index in [0.717, 1.165) is 4.47 Å². The first-order valence-corrected chi connectivity index (χ1v) is 7.80. The number of hydrogen-bond acceptors (Lipinski definition) is 2. The number of halogens is 2. The van der Waals surface area contributed by atoms with Gasteiger partial charge in [-0.2, -0.15) is 0 Å². The van der Waals surface area contributed by atoms with Crippen LogP contribution in [0.2, 0.25) is 0 Å². The Morgan fingerprint density at radius 2 is 2.00 bits per heavy atom. The predicted molar refractivity (Wildman–Crippen MR) is 82.9 cm³/mol. The minimum atomic E-state index is 0.309. The Labute approximate surface area is 123 Å². The fraction of sp³-hybridized carbons (Fsp3) is 0.231. The smallest absolute Gasteiger partial charge is 0.0589 e. The molecule has 0 saturated carbocycles. The van der Waals surface area contributed by atoms with Crippen molar-refractivity contribution in [1.29, 1.82) is 0 Å². The Kier molecular flexibility index (Phi) is 4.28. The third-order valence-electron chi connectivity index (χ3n) is 2.60. The van der Waals surface area contributed by atoms with Crippen LogP contribution in [-0.4, -0.2) is 0 Å². The fourth-order valence-electron chi connectivity index (χ4n) is 1.70. The summed E-state index contributed by atoms with van der Waals surface area (Å²) in [6, 6.07) is 8.69. The number of anilines is 1.